The lowest BCUT2D eigenvalue weighted by Gasteiger charge is -2.20. The number of nitrogens with zero attached hydrogens (tertiary/aromatic N) is 2. The predicted molar refractivity (Wildman–Crippen MR) is 54.1 cm³/mol. The summed E-state index contributed by atoms with van der Waals surface area (Å²) in [5.41, 5.74) is 5.64. The summed E-state index contributed by atoms with van der Waals surface area (Å²) < 4.78 is 10.3. The summed E-state index contributed by atoms with van der Waals surface area (Å²) in [5, 5.41) is 3.92. The molecule has 2 heterocycles. The van der Waals surface area contributed by atoms with Crippen LogP contribution in [0, 0.1) is 5.92 Å². The van der Waals surface area contributed by atoms with Crippen LogP contribution in [0.1, 0.15) is 37.5 Å². The highest BCUT2D eigenvalue weighted by atomic mass is 16.5. The van der Waals surface area contributed by atoms with Crippen molar-refractivity contribution in [3.05, 3.63) is 11.7 Å². The van der Waals surface area contributed by atoms with Gasteiger partial charge in [0.1, 0.15) is 0 Å². The van der Waals surface area contributed by atoms with Crippen molar-refractivity contribution in [3.8, 4) is 0 Å². The number of rotatable bonds is 3. The summed E-state index contributed by atoms with van der Waals surface area (Å²) in [5.74, 6) is 1.92. The Morgan fingerprint density at radius 2 is 2.20 bits per heavy atom. The lowest BCUT2D eigenvalue weighted by molar-refractivity contribution is 0.0658. The van der Waals surface area contributed by atoms with Gasteiger partial charge in [-0.25, -0.2) is 0 Å². The van der Waals surface area contributed by atoms with E-state index in [1.165, 1.54) is 0 Å². The molecule has 0 saturated carbocycles. The summed E-state index contributed by atoms with van der Waals surface area (Å²) in [6, 6.07) is -0.180. The highest BCUT2D eigenvalue weighted by Crippen LogP contribution is 2.19. The third kappa shape index (κ3) is 2.76. The third-order valence-electron chi connectivity index (χ3n) is 2.69. The fourth-order valence-electron chi connectivity index (χ4n) is 1.74. The smallest absolute Gasteiger partial charge is 0.243 e. The number of hydrogen-bond acceptors (Lipinski definition) is 5. The van der Waals surface area contributed by atoms with Gasteiger partial charge >= 0.3 is 0 Å². The molecule has 0 spiro atoms. The lowest BCUT2D eigenvalue weighted by atomic mass is 9.96. The first-order chi connectivity index (χ1) is 7.25. The van der Waals surface area contributed by atoms with Crippen molar-refractivity contribution in [1.29, 1.82) is 0 Å². The van der Waals surface area contributed by atoms with E-state index in [0.29, 0.717) is 11.8 Å². The average Bonchev–Trinajstić information content (AvgIpc) is 2.68. The van der Waals surface area contributed by atoms with Crippen LogP contribution >= 0.6 is 0 Å². The molecule has 0 bridgehead atoms. The van der Waals surface area contributed by atoms with Gasteiger partial charge in [-0.05, 0) is 25.7 Å². The van der Waals surface area contributed by atoms with Crippen molar-refractivity contribution in [3.63, 3.8) is 0 Å². The summed E-state index contributed by atoms with van der Waals surface area (Å²) in [7, 11) is 0. The fourth-order valence-corrected chi connectivity index (χ4v) is 1.74. The Hall–Kier alpha value is -0.940. The molecular weight excluding hydrogens is 194 g/mol. The van der Waals surface area contributed by atoms with Crippen molar-refractivity contribution < 1.29 is 9.26 Å². The summed E-state index contributed by atoms with van der Waals surface area (Å²) in [4.78, 5) is 4.26. The summed E-state index contributed by atoms with van der Waals surface area (Å²) in [6.45, 7) is 3.54. The average molecular weight is 211 g/mol. The van der Waals surface area contributed by atoms with Crippen LogP contribution in [0.15, 0.2) is 4.52 Å². The first-order valence-corrected chi connectivity index (χ1v) is 5.41. The van der Waals surface area contributed by atoms with E-state index in [9.17, 15) is 0 Å². The van der Waals surface area contributed by atoms with Gasteiger partial charge in [0.2, 0.25) is 5.89 Å². The predicted octanol–water partition coefficient (Wildman–Crippen LogP) is 1.06. The van der Waals surface area contributed by atoms with E-state index in [2.05, 4.69) is 10.1 Å². The number of aromatic nitrogens is 2. The largest absolute Gasteiger partial charge is 0.381 e. The molecule has 1 aliphatic heterocycles. The first-order valence-electron chi connectivity index (χ1n) is 5.41. The van der Waals surface area contributed by atoms with E-state index < -0.39 is 0 Å². The van der Waals surface area contributed by atoms with Gasteiger partial charge in [-0.15, -0.1) is 0 Å². The maximum absolute atomic E-state index is 5.64. The van der Waals surface area contributed by atoms with Gasteiger partial charge in [-0.2, -0.15) is 4.98 Å². The second kappa shape index (κ2) is 4.72. The summed E-state index contributed by atoms with van der Waals surface area (Å²) >= 11 is 0. The van der Waals surface area contributed by atoms with Gasteiger partial charge in [0.15, 0.2) is 5.82 Å². The van der Waals surface area contributed by atoms with Gasteiger partial charge < -0.3 is 15.0 Å². The second-order valence-electron chi connectivity index (χ2n) is 4.10. The molecule has 1 unspecified atom stereocenters. The maximum atomic E-state index is 5.64. The summed E-state index contributed by atoms with van der Waals surface area (Å²) in [6.07, 6.45) is 3.05. The molecule has 0 radical (unpaired) electrons. The quantitative estimate of drug-likeness (QED) is 0.809. The molecule has 5 heteroatoms. The zero-order valence-electron chi connectivity index (χ0n) is 8.98. The Morgan fingerprint density at radius 3 is 2.80 bits per heavy atom. The normalized spacial score (nSPS) is 20.4. The molecule has 84 valence electrons. The number of hydrogen-bond donors (Lipinski definition) is 1. The fraction of sp³-hybridized carbons (Fsp3) is 0.800. The van der Waals surface area contributed by atoms with E-state index in [0.717, 1.165) is 38.3 Å². The second-order valence-corrected chi connectivity index (χ2v) is 4.10. The van der Waals surface area contributed by atoms with Gasteiger partial charge in [-0.3, -0.25) is 0 Å². The SMILES string of the molecule is CC(N)c1nc(CC2CCOCC2)no1. The van der Waals surface area contributed by atoms with E-state index >= 15 is 0 Å². The van der Waals surface area contributed by atoms with Gasteiger partial charge in [0.05, 0.1) is 6.04 Å². The molecule has 1 aliphatic rings. The van der Waals surface area contributed by atoms with Crippen molar-refractivity contribution in [2.24, 2.45) is 11.7 Å². The van der Waals surface area contributed by atoms with E-state index in [1.54, 1.807) is 0 Å². The van der Waals surface area contributed by atoms with Crippen molar-refractivity contribution >= 4 is 0 Å². The van der Waals surface area contributed by atoms with Crippen LogP contribution in [0.2, 0.25) is 0 Å². The minimum absolute atomic E-state index is 0.180. The zero-order chi connectivity index (χ0) is 10.7. The molecule has 1 aromatic heterocycles. The minimum atomic E-state index is -0.180. The first kappa shape index (κ1) is 10.6. The monoisotopic (exact) mass is 211 g/mol. The van der Waals surface area contributed by atoms with Crippen LogP contribution in [0.25, 0.3) is 0 Å². The van der Waals surface area contributed by atoms with Crippen LogP contribution in [0.5, 0.6) is 0 Å². The number of ether oxygens (including phenoxy) is 1. The van der Waals surface area contributed by atoms with Crippen LogP contribution in [0.3, 0.4) is 0 Å². The Balaban J connectivity index is 1.91. The maximum Gasteiger partial charge on any atom is 0.243 e. The molecule has 15 heavy (non-hydrogen) atoms. The molecule has 1 atom stereocenters. The standard InChI is InChI=1S/C10H17N3O2/c1-7(11)10-12-9(13-15-10)6-8-2-4-14-5-3-8/h7-8H,2-6,11H2,1H3. The van der Waals surface area contributed by atoms with Crippen LogP contribution in [-0.4, -0.2) is 23.4 Å². The highest BCUT2D eigenvalue weighted by Gasteiger charge is 2.18. The molecule has 0 aromatic carbocycles. The van der Waals surface area contributed by atoms with Gasteiger partial charge in [0, 0.05) is 19.6 Å². The zero-order valence-corrected chi connectivity index (χ0v) is 8.98. The molecule has 1 fully saturated rings. The van der Waals surface area contributed by atoms with Gasteiger partial charge in [-0.1, -0.05) is 5.16 Å². The lowest BCUT2D eigenvalue weighted by Crippen LogP contribution is -2.18. The molecule has 0 aliphatic carbocycles. The molecule has 1 saturated heterocycles. The van der Waals surface area contributed by atoms with Crippen molar-refractivity contribution in [2.75, 3.05) is 13.2 Å². The van der Waals surface area contributed by atoms with Crippen LogP contribution in [0.4, 0.5) is 0 Å². The molecular formula is C10H17N3O2. The highest BCUT2D eigenvalue weighted by molar-refractivity contribution is 4.91. The van der Waals surface area contributed by atoms with Crippen LogP contribution < -0.4 is 5.73 Å². The topological polar surface area (TPSA) is 74.2 Å². The molecule has 1 aromatic rings. The van der Waals surface area contributed by atoms with Gasteiger partial charge in [0.25, 0.3) is 0 Å². The Bertz CT molecular complexity index is 305. The van der Waals surface area contributed by atoms with E-state index in [1.807, 2.05) is 6.92 Å². The van der Waals surface area contributed by atoms with Crippen molar-refractivity contribution in [1.82, 2.24) is 10.1 Å². The number of nitrogens with two attached hydrogens (primary N) is 1. The molecule has 5 nitrogen and oxygen atoms in total. The Morgan fingerprint density at radius 1 is 1.47 bits per heavy atom. The minimum Gasteiger partial charge on any atom is -0.381 e. The van der Waals surface area contributed by atoms with Crippen LogP contribution in [-0.2, 0) is 11.2 Å². The molecule has 0 amide bonds. The Kier molecular flexibility index (Phi) is 3.33. The third-order valence-corrected chi connectivity index (χ3v) is 2.69. The molecule has 2 N–H and O–H groups in total. The van der Waals surface area contributed by atoms with E-state index in [-0.39, 0.29) is 6.04 Å². The van der Waals surface area contributed by atoms with E-state index in [4.69, 9.17) is 15.0 Å². The van der Waals surface area contributed by atoms with Crippen molar-refractivity contribution in [2.45, 2.75) is 32.2 Å². The molecule has 2 rings (SSSR count). The Labute approximate surface area is 89.0 Å².